The smallest absolute Gasteiger partial charge is 0.0659 e. The molecule has 0 amide bonds. The highest BCUT2D eigenvalue weighted by atomic mass is 35.5. The normalized spacial score (nSPS) is 17.5. The van der Waals surface area contributed by atoms with Crippen LogP contribution in [0.3, 0.4) is 0 Å². The zero-order valence-electron chi connectivity index (χ0n) is 13.0. The van der Waals surface area contributed by atoms with E-state index in [4.69, 9.17) is 11.6 Å². The van der Waals surface area contributed by atoms with Crippen molar-refractivity contribution in [3.05, 3.63) is 23.2 Å². The molecule has 3 nitrogen and oxygen atoms in total. The molecular formula is C16H26ClN3. The molecule has 1 heterocycles. The van der Waals surface area contributed by atoms with Crippen LogP contribution in [0.15, 0.2) is 18.2 Å². The zero-order valence-corrected chi connectivity index (χ0v) is 13.7. The van der Waals surface area contributed by atoms with Gasteiger partial charge in [0, 0.05) is 45.0 Å². The van der Waals surface area contributed by atoms with Gasteiger partial charge in [-0.15, -0.1) is 0 Å². The molecule has 0 atom stereocenters. The molecule has 1 aliphatic rings. The van der Waals surface area contributed by atoms with Crippen molar-refractivity contribution in [3.63, 3.8) is 0 Å². The predicted molar refractivity (Wildman–Crippen MR) is 89.1 cm³/mol. The van der Waals surface area contributed by atoms with Crippen LogP contribution in [0, 0.1) is 0 Å². The standard InChI is InChI=1S/C16H26ClN3/c1-12(2)20-9-7-13(8-10-20)18-14-5-6-16(19(3)4)15(17)11-14/h5-6,11-13,18H,7-10H2,1-4H3. The molecule has 20 heavy (non-hydrogen) atoms. The summed E-state index contributed by atoms with van der Waals surface area (Å²) in [6, 6.07) is 7.45. The quantitative estimate of drug-likeness (QED) is 0.914. The van der Waals surface area contributed by atoms with Crippen molar-refractivity contribution in [3.8, 4) is 0 Å². The maximum atomic E-state index is 6.32. The fraction of sp³-hybridized carbons (Fsp3) is 0.625. The summed E-state index contributed by atoms with van der Waals surface area (Å²) in [7, 11) is 4.02. The van der Waals surface area contributed by atoms with Gasteiger partial charge >= 0.3 is 0 Å². The average molecular weight is 296 g/mol. The zero-order chi connectivity index (χ0) is 14.7. The molecule has 0 saturated carbocycles. The minimum atomic E-state index is 0.561. The van der Waals surface area contributed by atoms with Gasteiger partial charge in [-0.2, -0.15) is 0 Å². The lowest BCUT2D eigenvalue weighted by Crippen LogP contribution is -2.42. The first-order valence-corrected chi connectivity index (χ1v) is 7.82. The molecule has 0 bridgehead atoms. The summed E-state index contributed by atoms with van der Waals surface area (Å²) >= 11 is 6.32. The van der Waals surface area contributed by atoms with Crippen molar-refractivity contribution >= 4 is 23.0 Å². The Kier molecular flexibility index (Phi) is 5.17. The van der Waals surface area contributed by atoms with E-state index in [1.807, 2.05) is 25.1 Å². The third-order valence-electron chi connectivity index (χ3n) is 4.06. The number of likely N-dealkylation sites (tertiary alicyclic amines) is 1. The third-order valence-corrected chi connectivity index (χ3v) is 4.36. The molecule has 0 unspecified atom stereocenters. The molecule has 1 aromatic rings. The largest absolute Gasteiger partial charge is 0.382 e. The lowest BCUT2D eigenvalue weighted by Gasteiger charge is -2.35. The van der Waals surface area contributed by atoms with Crippen LogP contribution >= 0.6 is 11.6 Å². The molecule has 4 heteroatoms. The molecule has 0 spiro atoms. The van der Waals surface area contributed by atoms with Crippen LogP contribution in [0.2, 0.25) is 5.02 Å². The molecule has 1 N–H and O–H groups in total. The first kappa shape index (κ1) is 15.5. The molecule has 112 valence electrons. The van der Waals surface area contributed by atoms with Gasteiger partial charge in [-0.25, -0.2) is 0 Å². The minimum Gasteiger partial charge on any atom is -0.382 e. The van der Waals surface area contributed by atoms with E-state index in [0.717, 1.165) is 16.4 Å². The number of nitrogens with zero attached hydrogens (tertiary/aromatic N) is 2. The van der Waals surface area contributed by atoms with E-state index in [1.165, 1.54) is 25.9 Å². The Hall–Kier alpha value is -0.930. The highest BCUT2D eigenvalue weighted by Crippen LogP contribution is 2.28. The summed E-state index contributed by atoms with van der Waals surface area (Å²) < 4.78 is 0. The predicted octanol–water partition coefficient (Wildman–Crippen LogP) is 3.69. The molecule has 0 aromatic heterocycles. The average Bonchev–Trinajstić information content (AvgIpc) is 2.39. The van der Waals surface area contributed by atoms with E-state index in [9.17, 15) is 0 Å². The van der Waals surface area contributed by atoms with Gasteiger partial charge in [-0.1, -0.05) is 11.6 Å². The van der Waals surface area contributed by atoms with Crippen molar-refractivity contribution in [2.75, 3.05) is 37.4 Å². The second-order valence-electron chi connectivity index (χ2n) is 6.11. The fourth-order valence-electron chi connectivity index (χ4n) is 2.76. The Balaban J connectivity index is 1.93. The number of rotatable bonds is 4. The van der Waals surface area contributed by atoms with Gasteiger partial charge in [0.05, 0.1) is 10.7 Å². The van der Waals surface area contributed by atoms with Gasteiger partial charge in [-0.05, 0) is 44.9 Å². The van der Waals surface area contributed by atoms with Crippen molar-refractivity contribution in [1.82, 2.24) is 4.90 Å². The summed E-state index contributed by atoms with van der Waals surface area (Å²) in [5.41, 5.74) is 2.19. The van der Waals surface area contributed by atoms with Gasteiger partial charge in [0.2, 0.25) is 0 Å². The van der Waals surface area contributed by atoms with Crippen molar-refractivity contribution < 1.29 is 0 Å². The Morgan fingerprint density at radius 1 is 1.25 bits per heavy atom. The van der Waals surface area contributed by atoms with Crippen LogP contribution in [-0.4, -0.2) is 44.2 Å². The fourth-order valence-corrected chi connectivity index (χ4v) is 3.10. The van der Waals surface area contributed by atoms with Gasteiger partial charge in [0.15, 0.2) is 0 Å². The van der Waals surface area contributed by atoms with Crippen molar-refractivity contribution in [2.24, 2.45) is 0 Å². The monoisotopic (exact) mass is 295 g/mol. The molecule has 0 aliphatic carbocycles. The van der Waals surface area contributed by atoms with Gasteiger partial charge in [0.1, 0.15) is 0 Å². The lowest BCUT2D eigenvalue weighted by molar-refractivity contribution is 0.177. The number of anilines is 2. The van der Waals surface area contributed by atoms with Gasteiger partial charge in [0.25, 0.3) is 0 Å². The van der Waals surface area contributed by atoms with E-state index >= 15 is 0 Å². The molecule has 1 fully saturated rings. The SMILES string of the molecule is CC(C)N1CCC(Nc2ccc(N(C)C)c(Cl)c2)CC1. The highest BCUT2D eigenvalue weighted by molar-refractivity contribution is 6.33. The molecule has 1 aliphatic heterocycles. The maximum Gasteiger partial charge on any atom is 0.0659 e. The number of hydrogen-bond donors (Lipinski definition) is 1. The van der Waals surface area contributed by atoms with Gasteiger partial charge < -0.3 is 15.1 Å². The summed E-state index contributed by atoms with van der Waals surface area (Å²) in [6.07, 6.45) is 2.40. The molecule has 2 rings (SSSR count). The van der Waals surface area contributed by atoms with Crippen LogP contribution in [0.1, 0.15) is 26.7 Å². The second-order valence-corrected chi connectivity index (χ2v) is 6.52. The van der Waals surface area contributed by atoms with Crippen LogP contribution in [-0.2, 0) is 0 Å². The lowest BCUT2D eigenvalue weighted by atomic mass is 10.0. The Morgan fingerprint density at radius 2 is 1.90 bits per heavy atom. The van der Waals surface area contributed by atoms with Crippen molar-refractivity contribution in [2.45, 2.75) is 38.8 Å². The summed E-state index contributed by atoms with van der Waals surface area (Å²) in [4.78, 5) is 4.58. The van der Waals surface area contributed by atoms with E-state index < -0.39 is 0 Å². The second kappa shape index (κ2) is 6.68. The van der Waals surface area contributed by atoms with E-state index in [-0.39, 0.29) is 0 Å². The Labute approximate surface area is 127 Å². The molecule has 1 saturated heterocycles. The summed E-state index contributed by atoms with van der Waals surface area (Å²) in [6.45, 7) is 6.90. The maximum absolute atomic E-state index is 6.32. The van der Waals surface area contributed by atoms with Gasteiger partial charge in [-0.3, -0.25) is 0 Å². The first-order chi connectivity index (χ1) is 9.47. The van der Waals surface area contributed by atoms with Crippen LogP contribution in [0.25, 0.3) is 0 Å². The Morgan fingerprint density at radius 3 is 2.40 bits per heavy atom. The number of nitrogens with one attached hydrogen (secondary N) is 1. The van der Waals surface area contributed by atoms with E-state index in [1.54, 1.807) is 0 Å². The van der Waals surface area contributed by atoms with Crippen molar-refractivity contribution in [1.29, 1.82) is 0 Å². The van der Waals surface area contributed by atoms with E-state index in [0.29, 0.717) is 12.1 Å². The third kappa shape index (κ3) is 3.80. The topological polar surface area (TPSA) is 18.5 Å². The Bertz CT molecular complexity index is 437. The molecule has 0 radical (unpaired) electrons. The summed E-state index contributed by atoms with van der Waals surface area (Å²) in [5, 5.41) is 4.42. The van der Waals surface area contributed by atoms with Crippen LogP contribution in [0.4, 0.5) is 11.4 Å². The highest BCUT2D eigenvalue weighted by Gasteiger charge is 2.20. The minimum absolute atomic E-state index is 0.561. The molecule has 1 aromatic carbocycles. The number of benzene rings is 1. The first-order valence-electron chi connectivity index (χ1n) is 7.45. The number of hydrogen-bond acceptors (Lipinski definition) is 3. The number of piperidine rings is 1. The summed E-state index contributed by atoms with van der Waals surface area (Å²) in [5.74, 6) is 0. The number of halogens is 1. The van der Waals surface area contributed by atoms with Crippen LogP contribution in [0.5, 0.6) is 0 Å². The van der Waals surface area contributed by atoms with E-state index in [2.05, 4.69) is 36.2 Å². The van der Waals surface area contributed by atoms with Crippen LogP contribution < -0.4 is 10.2 Å². The molecular weight excluding hydrogens is 270 g/mol.